The summed E-state index contributed by atoms with van der Waals surface area (Å²) >= 11 is 3.45. The lowest BCUT2D eigenvalue weighted by Crippen LogP contribution is -2.40. The molecule has 0 N–H and O–H groups in total. The largest absolute Gasteiger partial charge is 0.337 e. The second-order valence-electron chi connectivity index (χ2n) is 4.11. The molecule has 0 aliphatic carbocycles. The lowest BCUT2D eigenvalue weighted by atomic mass is 10.1. The maximum Gasteiger partial charge on any atom is 0.256 e. The first-order chi connectivity index (χ1) is 8.08. The Balaban J connectivity index is 2.18. The van der Waals surface area contributed by atoms with E-state index in [2.05, 4.69) is 15.9 Å². The van der Waals surface area contributed by atoms with Gasteiger partial charge in [0, 0.05) is 24.0 Å². The molecule has 1 saturated heterocycles. The van der Waals surface area contributed by atoms with E-state index in [0.29, 0.717) is 13.1 Å². The highest BCUT2D eigenvalue weighted by molar-refractivity contribution is 9.09. The van der Waals surface area contributed by atoms with Crippen LogP contribution in [0.3, 0.4) is 0 Å². The molecule has 1 heterocycles. The van der Waals surface area contributed by atoms with Gasteiger partial charge in [0.15, 0.2) is 0 Å². The number of benzene rings is 1. The Labute approximate surface area is 107 Å². The number of piperidine rings is 1. The van der Waals surface area contributed by atoms with Crippen LogP contribution in [0.2, 0.25) is 0 Å². The predicted molar refractivity (Wildman–Crippen MR) is 64.2 cm³/mol. The van der Waals surface area contributed by atoms with E-state index >= 15 is 0 Å². The van der Waals surface area contributed by atoms with Crippen LogP contribution in [0.15, 0.2) is 18.2 Å². The number of likely N-dealkylation sites (tertiary alicyclic amines) is 1. The molecular formula is C12H12BrF2NO. The SMILES string of the molecule is O=C(c1ccc(F)cc1F)N1CCCC(Br)C1. The molecular weight excluding hydrogens is 292 g/mol. The summed E-state index contributed by atoms with van der Waals surface area (Å²) in [6, 6.07) is 3.04. The smallest absolute Gasteiger partial charge is 0.256 e. The second-order valence-corrected chi connectivity index (χ2v) is 5.41. The average molecular weight is 304 g/mol. The third kappa shape index (κ3) is 2.83. The van der Waals surface area contributed by atoms with Gasteiger partial charge in [-0.2, -0.15) is 0 Å². The van der Waals surface area contributed by atoms with Crippen molar-refractivity contribution in [1.29, 1.82) is 0 Å². The molecule has 2 rings (SSSR count). The first-order valence-corrected chi connectivity index (χ1v) is 6.38. The molecule has 0 aromatic heterocycles. The highest BCUT2D eigenvalue weighted by atomic mass is 79.9. The van der Waals surface area contributed by atoms with Gasteiger partial charge in [-0.3, -0.25) is 4.79 Å². The van der Waals surface area contributed by atoms with Crippen LogP contribution >= 0.6 is 15.9 Å². The molecule has 1 atom stereocenters. The monoisotopic (exact) mass is 303 g/mol. The lowest BCUT2D eigenvalue weighted by molar-refractivity contribution is 0.0725. The standard InChI is InChI=1S/C12H12BrF2NO/c13-8-2-1-5-16(7-8)12(17)10-4-3-9(14)6-11(10)15/h3-4,6,8H,1-2,5,7H2. The van der Waals surface area contributed by atoms with Crippen LogP contribution in [0.4, 0.5) is 8.78 Å². The minimum atomic E-state index is -0.799. The fourth-order valence-electron chi connectivity index (χ4n) is 1.94. The van der Waals surface area contributed by atoms with Crippen LogP contribution in [-0.2, 0) is 0 Å². The third-order valence-electron chi connectivity index (χ3n) is 2.81. The molecule has 92 valence electrons. The van der Waals surface area contributed by atoms with Gasteiger partial charge in [-0.1, -0.05) is 15.9 Å². The van der Waals surface area contributed by atoms with Crippen LogP contribution in [0, 0.1) is 11.6 Å². The number of amides is 1. The highest BCUT2D eigenvalue weighted by Gasteiger charge is 2.24. The Hall–Kier alpha value is -0.970. The molecule has 1 aliphatic heterocycles. The molecule has 1 amide bonds. The summed E-state index contributed by atoms with van der Waals surface area (Å²) in [5, 5.41) is 0. The van der Waals surface area contributed by atoms with E-state index < -0.39 is 11.6 Å². The van der Waals surface area contributed by atoms with Crippen molar-refractivity contribution in [1.82, 2.24) is 4.90 Å². The maximum atomic E-state index is 13.5. The molecule has 1 aliphatic rings. The number of halogens is 3. The number of carbonyl (C=O) groups excluding carboxylic acids is 1. The fourth-order valence-corrected chi connectivity index (χ4v) is 2.62. The number of nitrogens with zero attached hydrogens (tertiary/aromatic N) is 1. The zero-order valence-electron chi connectivity index (χ0n) is 9.13. The van der Waals surface area contributed by atoms with Gasteiger partial charge in [0.25, 0.3) is 5.91 Å². The summed E-state index contributed by atoms with van der Waals surface area (Å²) in [7, 11) is 0. The van der Waals surface area contributed by atoms with Gasteiger partial charge in [-0.05, 0) is 25.0 Å². The summed E-state index contributed by atoms with van der Waals surface area (Å²) < 4.78 is 26.2. The maximum absolute atomic E-state index is 13.5. The number of hydrogen-bond donors (Lipinski definition) is 0. The van der Waals surface area contributed by atoms with Crippen molar-refractivity contribution in [3.63, 3.8) is 0 Å². The average Bonchev–Trinajstić information content (AvgIpc) is 2.28. The van der Waals surface area contributed by atoms with Crippen LogP contribution < -0.4 is 0 Å². The molecule has 0 spiro atoms. The van der Waals surface area contributed by atoms with E-state index in [1.165, 1.54) is 6.07 Å². The van der Waals surface area contributed by atoms with Crippen molar-refractivity contribution in [3.05, 3.63) is 35.4 Å². The van der Waals surface area contributed by atoms with Crippen LogP contribution in [-0.4, -0.2) is 28.7 Å². The van der Waals surface area contributed by atoms with E-state index in [4.69, 9.17) is 0 Å². The van der Waals surface area contributed by atoms with E-state index in [1.807, 2.05) is 0 Å². The van der Waals surface area contributed by atoms with E-state index in [9.17, 15) is 13.6 Å². The lowest BCUT2D eigenvalue weighted by Gasteiger charge is -2.30. The van der Waals surface area contributed by atoms with Gasteiger partial charge < -0.3 is 4.90 Å². The Morgan fingerprint density at radius 1 is 1.41 bits per heavy atom. The van der Waals surface area contributed by atoms with Crippen molar-refractivity contribution < 1.29 is 13.6 Å². The molecule has 0 radical (unpaired) electrons. The van der Waals surface area contributed by atoms with Crippen LogP contribution in [0.1, 0.15) is 23.2 Å². The van der Waals surface area contributed by atoms with Gasteiger partial charge in [0.2, 0.25) is 0 Å². The topological polar surface area (TPSA) is 20.3 Å². The summed E-state index contributed by atoms with van der Waals surface area (Å²) in [6.07, 6.45) is 1.90. The zero-order chi connectivity index (χ0) is 12.4. The molecule has 1 aromatic rings. The predicted octanol–water partition coefficient (Wildman–Crippen LogP) is 2.96. The Morgan fingerprint density at radius 3 is 2.82 bits per heavy atom. The van der Waals surface area contributed by atoms with E-state index in [0.717, 1.165) is 25.0 Å². The van der Waals surface area contributed by atoms with Gasteiger partial charge in [-0.15, -0.1) is 0 Å². The zero-order valence-corrected chi connectivity index (χ0v) is 10.7. The third-order valence-corrected chi connectivity index (χ3v) is 3.56. The van der Waals surface area contributed by atoms with Crippen LogP contribution in [0.25, 0.3) is 0 Å². The van der Waals surface area contributed by atoms with E-state index in [1.54, 1.807) is 4.90 Å². The fraction of sp³-hybridized carbons (Fsp3) is 0.417. The van der Waals surface area contributed by atoms with Crippen LogP contribution in [0.5, 0.6) is 0 Å². The van der Waals surface area contributed by atoms with Crippen molar-refractivity contribution >= 4 is 21.8 Å². The second kappa shape index (κ2) is 5.12. The molecule has 1 fully saturated rings. The Morgan fingerprint density at radius 2 is 2.18 bits per heavy atom. The Bertz CT molecular complexity index is 439. The van der Waals surface area contributed by atoms with Crippen molar-refractivity contribution in [2.45, 2.75) is 17.7 Å². The molecule has 5 heteroatoms. The summed E-state index contributed by atoms with van der Waals surface area (Å²) in [5.74, 6) is -1.84. The summed E-state index contributed by atoms with van der Waals surface area (Å²) in [4.78, 5) is 13.9. The summed E-state index contributed by atoms with van der Waals surface area (Å²) in [5.41, 5.74) is -0.0620. The molecule has 1 unspecified atom stereocenters. The first kappa shape index (κ1) is 12.5. The number of alkyl halides is 1. The van der Waals surface area contributed by atoms with Gasteiger partial charge in [-0.25, -0.2) is 8.78 Å². The minimum Gasteiger partial charge on any atom is -0.337 e. The van der Waals surface area contributed by atoms with Gasteiger partial charge in [0.05, 0.1) is 5.56 Å². The Kier molecular flexibility index (Phi) is 3.76. The van der Waals surface area contributed by atoms with Gasteiger partial charge in [0.1, 0.15) is 11.6 Å². The quantitative estimate of drug-likeness (QED) is 0.731. The molecule has 1 aromatic carbocycles. The van der Waals surface area contributed by atoms with Crippen molar-refractivity contribution in [3.8, 4) is 0 Å². The van der Waals surface area contributed by atoms with Crippen molar-refractivity contribution in [2.24, 2.45) is 0 Å². The first-order valence-electron chi connectivity index (χ1n) is 5.46. The van der Waals surface area contributed by atoms with Gasteiger partial charge >= 0.3 is 0 Å². The molecule has 2 nitrogen and oxygen atoms in total. The molecule has 17 heavy (non-hydrogen) atoms. The van der Waals surface area contributed by atoms with Crippen molar-refractivity contribution in [2.75, 3.05) is 13.1 Å². The number of rotatable bonds is 1. The van der Waals surface area contributed by atoms with E-state index in [-0.39, 0.29) is 16.3 Å². The normalized spacial score (nSPS) is 20.4. The minimum absolute atomic E-state index is 0.0620. The molecule has 0 saturated carbocycles. The number of hydrogen-bond acceptors (Lipinski definition) is 1. The summed E-state index contributed by atoms with van der Waals surface area (Å²) in [6.45, 7) is 1.19. The number of carbonyl (C=O) groups is 1. The highest BCUT2D eigenvalue weighted by Crippen LogP contribution is 2.20. The molecule has 0 bridgehead atoms.